The monoisotopic (exact) mass is 424 g/mol. The van der Waals surface area contributed by atoms with Gasteiger partial charge in [-0.05, 0) is 87.4 Å². The van der Waals surface area contributed by atoms with Gasteiger partial charge in [-0.3, -0.25) is 9.69 Å². The zero-order chi connectivity index (χ0) is 22.0. The van der Waals surface area contributed by atoms with Crippen LogP contribution >= 0.6 is 0 Å². The Labute approximate surface area is 184 Å². The molecule has 1 saturated heterocycles. The van der Waals surface area contributed by atoms with Crippen LogP contribution in [0.4, 0.5) is 4.39 Å². The van der Waals surface area contributed by atoms with E-state index in [2.05, 4.69) is 17.0 Å². The number of phenols is 1. The van der Waals surface area contributed by atoms with E-state index in [-0.39, 0.29) is 23.6 Å². The van der Waals surface area contributed by atoms with Crippen LogP contribution in [0.25, 0.3) is 0 Å². The van der Waals surface area contributed by atoms with Crippen LogP contribution in [0.2, 0.25) is 0 Å². The van der Waals surface area contributed by atoms with Crippen LogP contribution in [0.5, 0.6) is 5.75 Å². The number of carbonyl (C=O) groups is 1. The SMILES string of the molecule is CCN(CC)C(=O)c1ccc(C2C(c3cc(O)cc(F)c3)CCCN2CC2CC2)cc1. The molecular weight excluding hydrogens is 391 g/mol. The summed E-state index contributed by atoms with van der Waals surface area (Å²) < 4.78 is 14.1. The molecule has 1 amide bonds. The highest BCUT2D eigenvalue weighted by atomic mass is 19.1. The second kappa shape index (κ2) is 9.39. The Morgan fingerprint density at radius 2 is 1.77 bits per heavy atom. The van der Waals surface area contributed by atoms with E-state index in [9.17, 15) is 14.3 Å². The van der Waals surface area contributed by atoms with Crippen molar-refractivity contribution in [3.8, 4) is 5.75 Å². The summed E-state index contributed by atoms with van der Waals surface area (Å²) in [5.41, 5.74) is 2.72. The lowest BCUT2D eigenvalue weighted by molar-refractivity contribution is 0.0772. The maximum Gasteiger partial charge on any atom is 0.253 e. The molecule has 0 radical (unpaired) electrons. The lowest BCUT2D eigenvalue weighted by atomic mass is 9.79. The molecule has 2 unspecified atom stereocenters. The minimum Gasteiger partial charge on any atom is -0.508 e. The Hall–Kier alpha value is -2.40. The Balaban J connectivity index is 1.66. The van der Waals surface area contributed by atoms with Gasteiger partial charge in [0, 0.05) is 43.2 Å². The number of hydrogen-bond donors (Lipinski definition) is 1. The van der Waals surface area contributed by atoms with Crippen molar-refractivity contribution in [3.05, 3.63) is 65.0 Å². The number of benzene rings is 2. The number of halogens is 1. The van der Waals surface area contributed by atoms with E-state index in [1.54, 1.807) is 12.1 Å². The Morgan fingerprint density at radius 1 is 1.06 bits per heavy atom. The summed E-state index contributed by atoms with van der Waals surface area (Å²) in [6, 6.07) is 12.6. The fraction of sp³-hybridized carbons (Fsp3) is 0.500. The molecule has 1 aliphatic heterocycles. The molecule has 1 aliphatic carbocycles. The first-order valence-corrected chi connectivity index (χ1v) is 11.6. The van der Waals surface area contributed by atoms with Crippen molar-refractivity contribution >= 4 is 5.91 Å². The predicted molar refractivity (Wildman–Crippen MR) is 121 cm³/mol. The van der Waals surface area contributed by atoms with E-state index < -0.39 is 5.82 Å². The Bertz CT molecular complexity index is 886. The fourth-order valence-corrected chi connectivity index (χ4v) is 5.02. The van der Waals surface area contributed by atoms with Gasteiger partial charge in [0.2, 0.25) is 0 Å². The molecular formula is C26H33FN2O2. The van der Waals surface area contributed by atoms with Crippen LogP contribution in [-0.2, 0) is 0 Å². The van der Waals surface area contributed by atoms with Gasteiger partial charge < -0.3 is 10.0 Å². The van der Waals surface area contributed by atoms with Gasteiger partial charge in [-0.15, -0.1) is 0 Å². The number of aromatic hydroxyl groups is 1. The van der Waals surface area contributed by atoms with E-state index in [1.807, 2.05) is 30.9 Å². The first-order chi connectivity index (χ1) is 15.0. The normalized spacial score (nSPS) is 21.8. The highest BCUT2D eigenvalue weighted by Crippen LogP contribution is 2.45. The molecule has 2 aromatic rings. The summed E-state index contributed by atoms with van der Waals surface area (Å²) in [6.45, 7) is 7.46. The van der Waals surface area contributed by atoms with Crippen LogP contribution in [0.1, 0.15) is 73.0 Å². The second-order valence-corrected chi connectivity index (χ2v) is 8.97. The van der Waals surface area contributed by atoms with Crippen molar-refractivity contribution < 1.29 is 14.3 Å². The van der Waals surface area contributed by atoms with Gasteiger partial charge in [0.25, 0.3) is 5.91 Å². The minimum absolute atomic E-state index is 0.0202. The van der Waals surface area contributed by atoms with Crippen molar-refractivity contribution in [2.75, 3.05) is 26.2 Å². The number of hydrogen-bond acceptors (Lipinski definition) is 3. The lowest BCUT2D eigenvalue weighted by Crippen LogP contribution is -2.39. The number of carbonyl (C=O) groups excluding carboxylic acids is 1. The summed E-state index contributed by atoms with van der Waals surface area (Å²) in [4.78, 5) is 17.1. The van der Waals surface area contributed by atoms with Gasteiger partial charge in [0.15, 0.2) is 0 Å². The maximum absolute atomic E-state index is 14.1. The highest BCUT2D eigenvalue weighted by Gasteiger charge is 2.37. The third kappa shape index (κ3) is 4.93. The van der Waals surface area contributed by atoms with E-state index in [0.29, 0.717) is 18.7 Å². The lowest BCUT2D eigenvalue weighted by Gasteiger charge is -2.42. The highest BCUT2D eigenvalue weighted by molar-refractivity contribution is 5.94. The molecule has 1 saturated carbocycles. The Morgan fingerprint density at radius 3 is 2.39 bits per heavy atom. The van der Waals surface area contributed by atoms with E-state index in [4.69, 9.17) is 0 Å². The summed E-state index contributed by atoms with van der Waals surface area (Å²) in [5, 5.41) is 10.0. The zero-order valence-corrected chi connectivity index (χ0v) is 18.6. The third-order valence-electron chi connectivity index (χ3n) is 6.81. The van der Waals surface area contributed by atoms with Crippen LogP contribution in [0, 0.1) is 11.7 Å². The average Bonchev–Trinajstić information content (AvgIpc) is 3.58. The quantitative estimate of drug-likeness (QED) is 0.652. The van der Waals surface area contributed by atoms with E-state index in [1.165, 1.54) is 12.8 Å². The van der Waals surface area contributed by atoms with Crippen molar-refractivity contribution in [1.82, 2.24) is 9.80 Å². The molecule has 5 heteroatoms. The number of nitrogens with zero attached hydrogens (tertiary/aromatic N) is 2. The van der Waals surface area contributed by atoms with Gasteiger partial charge >= 0.3 is 0 Å². The summed E-state index contributed by atoms with van der Waals surface area (Å²) >= 11 is 0. The summed E-state index contributed by atoms with van der Waals surface area (Å²) in [7, 11) is 0. The molecule has 2 fully saturated rings. The van der Waals surface area contributed by atoms with E-state index in [0.717, 1.165) is 49.0 Å². The maximum atomic E-state index is 14.1. The van der Waals surface area contributed by atoms with Gasteiger partial charge in [-0.25, -0.2) is 4.39 Å². The third-order valence-corrected chi connectivity index (χ3v) is 6.81. The van der Waals surface area contributed by atoms with Crippen LogP contribution in [0.3, 0.4) is 0 Å². The summed E-state index contributed by atoms with van der Waals surface area (Å²) in [5.74, 6) is 0.507. The first-order valence-electron chi connectivity index (χ1n) is 11.6. The fourth-order valence-electron chi connectivity index (χ4n) is 5.02. The molecule has 2 aliphatic rings. The molecule has 2 aromatic carbocycles. The topological polar surface area (TPSA) is 43.8 Å². The number of phenolic OH excluding ortho intramolecular Hbond substituents is 1. The van der Waals surface area contributed by atoms with Gasteiger partial charge in [-0.1, -0.05) is 12.1 Å². The molecule has 31 heavy (non-hydrogen) atoms. The van der Waals surface area contributed by atoms with Gasteiger partial charge in [0.05, 0.1) is 0 Å². The molecule has 4 rings (SSSR count). The molecule has 0 spiro atoms. The van der Waals surface area contributed by atoms with Crippen molar-refractivity contribution in [2.24, 2.45) is 5.92 Å². The van der Waals surface area contributed by atoms with Crippen molar-refractivity contribution in [3.63, 3.8) is 0 Å². The molecule has 4 nitrogen and oxygen atoms in total. The van der Waals surface area contributed by atoms with Crippen molar-refractivity contribution in [2.45, 2.75) is 51.5 Å². The smallest absolute Gasteiger partial charge is 0.253 e. The predicted octanol–water partition coefficient (Wildman–Crippen LogP) is 5.34. The number of likely N-dealkylation sites (tertiary alicyclic amines) is 1. The standard InChI is InChI=1S/C26H33FN2O2/c1-3-28(4-2)26(31)20-11-9-19(10-12-20)25-24(21-14-22(27)16-23(30)15-21)6-5-13-29(25)17-18-7-8-18/h9-12,14-16,18,24-25,30H,3-8,13,17H2,1-2H3. The molecule has 0 aromatic heterocycles. The second-order valence-electron chi connectivity index (χ2n) is 8.97. The molecule has 0 bridgehead atoms. The van der Waals surface area contributed by atoms with Crippen molar-refractivity contribution in [1.29, 1.82) is 0 Å². The Kier molecular flexibility index (Phi) is 6.61. The molecule has 1 heterocycles. The largest absolute Gasteiger partial charge is 0.508 e. The van der Waals surface area contributed by atoms with Crippen LogP contribution in [-0.4, -0.2) is 47.0 Å². The van der Waals surface area contributed by atoms with Crippen LogP contribution < -0.4 is 0 Å². The number of piperidine rings is 1. The average molecular weight is 425 g/mol. The van der Waals surface area contributed by atoms with Crippen LogP contribution in [0.15, 0.2) is 42.5 Å². The zero-order valence-electron chi connectivity index (χ0n) is 18.6. The summed E-state index contributed by atoms with van der Waals surface area (Å²) in [6.07, 6.45) is 4.58. The first kappa shape index (κ1) is 21.8. The molecule has 166 valence electrons. The number of rotatable bonds is 7. The minimum atomic E-state index is -0.395. The molecule has 1 N–H and O–H groups in total. The number of amides is 1. The van der Waals surface area contributed by atoms with Gasteiger partial charge in [-0.2, -0.15) is 0 Å². The van der Waals surface area contributed by atoms with Gasteiger partial charge in [0.1, 0.15) is 11.6 Å². The molecule has 2 atom stereocenters. The van der Waals surface area contributed by atoms with E-state index >= 15 is 0 Å².